The van der Waals surface area contributed by atoms with Crippen LogP contribution in [0.25, 0.3) is 0 Å². The van der Waals surface area contributed by atoms with Crippen LogP contribution in [0.2, 0.25) is 5.02 Å². The largest absolute Gasteiger partial charge is 0.508 e. The second-order valence-corrected chi connectivity index (χ2v) is 4.59. The van der Waals surface area contributed by atoms with Crippen LogP contribution < -0.4 is 10.6 Å². The van der Waals surface area contributed by atoms with Crippen molar-refractivity contribution in [3.63, 3.8) is 0 Å². The first kappa shape index (κ1) is 12.2. The molecule has 1 saturated heterocycles. The molecule has 0 aromatic heterocycles. The Balaban J connectivity index is 2.05. The van der Waals surface area contributed by atoms with E-state index in [1.54, 1.807) is 0 Å². The number of hydrogen-bond donors (Lipinski definition) is 3. The van der Waals surface area contributed by atoms with Crippen molar-refractivity contribution in [2.24, 2.45) is 0 Å². The van der Waals surface area contributed by atoms with Gasteiger partial charge in [-0.15, -0.1) is 0 Å². The summed E-state index contributed by atoms with van der Waals surface area (Å²) >= 11 is 5.92. The summed E-state index contributed by atoms with van der Waals surface area (Å²) < 4.78 is 0. The number of benzene rings is 1. The van der Waals surface area contributed by atoms with E-state index in [9.17, 15) is 9.90 Å². The molecular formula is C12H15ClN2O2. The SMILES string of the molecule is O=C(N[C@@H]1CCCNC1)c1cc(O)ccc1Cl. The fourth-order valence-electron chi connectivity index (χ4n) is 1.93. The number of phenolic OH excluding ortho intramolecular Hbond substituents is 1. The number of phenols is 1. The van der Waals surface area contributed by atoms with Gasteiger partial charge in [0.05, 0.1) is 10.6 Å². The topological polar surface area (TPSA) is 61.4 Å². The maximum atomic E-state index is 12.0. The Morgan fingerprint density at radius 3 is 3.06 bits per heavy atom. The third-order valence-corrected chi connectivity index (χ3v) is 3.16. The molecule has 4 nitrogen and oxygen atoms in total. The number of aromatic hydroxyl groups is 1. The van der Waals surface area contributed by atoms with Gasteiger partial charge >= 0.3 is 0 Å². The molecule has 0 spiro atoms. The zero-order chi connectivity index (χ0) is 12.3. The van der Waals surface area contributed by atoms with E-state index in [0.717, 1.165) is 25.9 Å². The normalized spacial score (nSPS) is 19.9. The van der Waals surface area contributed by atoms with Crippen LogP contribution in [0.15, 0.2) is 18.2 Å². The number of halogens is 1. The molecule has 0 bridgehead atoms. The molecule has 1 aromatic rings. The second kappa shape index (κ2) is 5.38. The Bertz CT molecular complexity index is 417. The van der Waals surface area contributed by atoms with E-state index in [4.69, 9.17) is 11.6 Å². The minimum absolute atomic E-state index is 0.0429. The van der Waals surface area contributed by atoms with E-state index in [2.05, 4.69) is 10.6 Å². The Hall–Kier alpha value is -1.26. The summed E-state index contributed by atoms with van der Waals surface area (Å²) in [4.78, 5) is 12.0. The van der Waals surface area contributed by atoms with E-state index >= 15 is 0 Å². The van der Waals surface area contributed by atoms with Gasteiger partial charge in [0.15, 0.2) is 0 Å². The van der Waals surface area contributed by atoms with Gasteiger partial charge < -0.3 is 15.7 Å². The van der Waals surface area contributed by atoms with Gasteiger partial charge in [0.1, 0.15) is 5.75 Å². The number of rotatable bonds is 2. The van der Waals surface area contributed by atoms with Crippen molar-refractivity contribution in [2.45, 2.75) is 18.9 Å². The number of nitrogens with one attached hydrogen (secondary N) is 2. The molecule has 1 aliphatic rings. The lowest BCUT2D eigenvalue weighted by atomic mass is 10.1. The van der Waals surface area contributed by atoms with E-state index in [1.165, 1.54) is 18.2 Å². The quantitative estimate of drug-likeness (QED) is 0.750. The first-order valence-electron chi connectivity index (χ1n) is 5.67. The molecule has 1 aliphatic heterocycles. The fraction of sp³-hybridized carbons (Fsp3) is 0.417. The third kappa shape index (κ3) is 3.11. The third-order valence-electron chi connectivity index (χ3n) is 2.83. The van der Waals surface area contributed by atoms with Crippen molar-refractivity contribution in [1.82, 2.24) is 10.6 Å². The number of carbonyl (C=O) groups excluding carboxylic acids is 1. The van der Waals surface area contributed by atoms with Crippen molar-refractivity contribution in [3.05, 3.63) is 28.8 Å². The molecule has 0 aliphatic carbocycles. The van der Waals surface area contributed by atoms with Crippen LogP contribution in [0.4, 0.5) is 0 Å². The smallest absolute Gasteiger partial charge is 0.253 e. The van der Waals surface area contributed by atoms with Crippen molar-refractivity contribution >= 4 is 17.5 Å². The molecule has 0 unspecified atom stereocenters. The zero-order valence-electron chi connectivity index (χ0n) is 9.37. The van der Waals surface area contributed by atoms with Crippen LogP contribution in [-0.2, 0) is 0 Å². The molecule has 92 valence electrons. The maximum Gasteiger partial charge on any atom is 0.253 e. The van der Waals surface area contributed by atoms with Crippen LogP contribution in [0.5, 0.6) is 5.75 Å². The standard InChI is InChI=1S/C12H15ClN2O2/c13-11-4-3-9(16)6-10(11)12(17)15-8-2-1-5-14-7-8/h3-4,6,8,14,16H,1-2,5,7H2,(H,15,17)/t8-/m1/s1. The Morgan fingerprint density at radius 2 is 2.35 bits per heavy atom. The minimum atomic E-state index is -0.236. The highest BCUT2D eigenvalue weighted by atomic mass is 35.5. The molecule has 17 heavy (non-hydrogen) atoms. The lowest BCUT2D eigenvalue weighted by Gasteiger charge is -2.24. The summed E-state index contributed by atoms with van der Waals surface area (Å²) in [6.07, 6.45) is 2.02. The highest BCUT2D eigenvalue weighted by molar-refractivity contribution is 6.33. The van der Waals surface area contributed by atoms with Gasteiger partial charge in [0.2, 0.25) is 0 Å². The zero-order valence-corrected chi connectivity index (χ0v) is 10.1. The monoisotopic (exact) mass is 254 g/mol. The predicted octanol–water partition coefficient (Wildman–Crippen LogP) is 1.53. The average Bonchev–Trinajstić information content (AvgIpc) is 2.33. The van der Waals surface area contributed by atoms with Crippen LogP contribution in [0, 0.1) is 0 Å². The van der Waals surface area contributed by atoms with Gasteiger partial charge in [-0.3, -0.25) is 4.79 Å². The Morgan fingerprint density at radius 1 is 1.53 bits per heavy atom. The molecule has 1 aromatic carbocycles. The van der Waals surface area contributed by atoms with Crippen LogP contribution >= 0.6 is 11.6 Å². The van der Waals surface area contributed by atoms with Crippen LogP contribution in [-0.4, -0.2) is 30.1 Å². The highest BCUT2D eigenvalue weighted by Crippen LogP contribution is 2.21. The molecule has 1 fully saturated rings. The Labute approximate surface area is 105 Å². The summed E-state index contributed by atoms with van der Waals surface area (Å²) in [5, 5.41) is 15.8. The number of amides is 1. The van der Waals surface area contributed by atoms with E-state index < -0.39 is 0 Å². The van der Waals surface area contributed by atoms with Crippen molar-refractivity contribution in [1.29, 1.82) is 0 Å². The molecule has 5 heteroatoms. The van der Waals surface area contributed by atoms with Crippen LogP contribution in [0.3, 0.4) is 0 Å². The molecule has 2 rings (SSSR count). The summed E-state index contributed by atoms with van der Waals surface area (Å²) in [6, 6.07) is 4.50. The fourth-order valence-corrected chi connectivity index (χ4v) is 2.13. The van der Waals surface area contributed by atoms with Gasteiger partial charge in [-0.25, -0.2) is 0 Å². The summed E-state index contributed by atoms with van der Waals surface area (Å²) in [5.74, 6) is -0.194. The average molecular weight is 255 g/mol. The van der Waals surface area contributed by atoms with Crippen LogP contribution in [0.1, 0.15) is 23.2 Å². The molecule has 0 saturated carbocycles. The van der Waals surface area contributed by atoms with E-state index in [1.807, 2.05) is 0 Å². The molecule has 3 N–H and O–H groups in total. The first-order chi connectivity index (χ1) is 8.16. The number of piperidine rings is 1. The lowest BCUT2D eigenvalue weighted by Crippen LogP contribution is -2.45. The van der Waals surface area contributed by atoms with E-state index in [-0.39, 0.29) is 17.7 Å². The highest BCUT2D eigenvalue weighted by Gasteiger charge is 2.18. The van der Waals surface area contributed by atoms with Gasteiger partial charge in [-0.1, -0.05) is 11.6 Å². The molecule has 1 heterocycles. The minimum Gasteiger partial charge on any atom is -0.508 e. The summed E-state index contributed by atoms with van der Waals surface area (Å²) in [5.41, 5.74) is 0.317. The molecule has 1 amide bonds. The number of hydrogen-bond acceptors (Lipinski definition) is 3. The molecular weight excluding hydrogens is 240 g/mol. The predicted molar refractivity (Wildman–Crippen MR) is 66.5 cm³/mol. The van der Waals surface area contributed by atoms with Crippen molar-refractivity contribution in [3.8, 4) is 5.75 Å². The van der Waals surface area contributed by atoms with Gasteiger partial charge in [0.25, 0.3) is 5.91 Å². The van der Waals surface area contributed by atoms with Crippen molar-refractivity contribution < 1.29 is 9.90 Å². The molecule has 1 atom stereocenters. The van der Waals surface area contributed by atoms with Gasteiger partial charge in [-0.2, -0.15) is 0 Å². The van der Waals surface area contributed by atoms with Gasteiger partial charge in [0, 0.05) is 12.6 Å². The maximum absolute atomic E-state index is 12.0. The Kier molecular flexibility index (Phi) is 3.86. The molecule has 0 radical (unpaired) electrons. The number of carbonyl (C=O) groups is 1. The van der Waals surface area contributed by atoms with Gasteiger partial charge in [-0.05, 0) is 37.6 Å². The summed E-state index contributed by atoms with van der Waals surface area (Å²) in [6.45, 7) is 1.78. The first-order valence-corrected chi connectivity index (χ1v) is 6.04. The van der Waals surface area contributed by atoms with Crippen molar-refractivity contribution in [2.75, 3.05) is 13.1 Å². The lowest BCUT2D eigenvalue weighted by molar-refractivity contribution is 0.0930. The second-order valence-electron chi connectivity index (χ2n) is 4.18. The summed E-state index contributed by atoms with van der Waals surface area (Å²) in [7, 11) is 0. The van der Waals surface area contributed by atoms with E-state index in [0.29, 0.717) is 10.6 Å².